The maximum absolute atomic E-state index is 12.3. The van der Waals surface area contributed by atoms with Crippen LogP contribution in [-0.4, -0.2) is 25.2 Å². The van der Waals surface area contributed by atoms with Gasteiger partial charge in [0.25, 0.3) is 0 Å². The Morgan fingerprint density at radius 1 is 0.839 bits per heavy atom. The summed E-state index contributed by atoms with van der Waals surface area (Å²) >= 11 is 0. The van der Waals surface area contributed by atoms with Crippen LogP contribution in [-0.2, 0) is 16.0 Å². The molecule has 0 saturated carbocycles. The van der Waals surface area contributed by atoms with E-state index >= 15 is 0 Å². The van der Waals surface area contributed by atoms with Crippen LogP contribution in [0.1, 0.15) is 41.3 Å². The zero-order chi connectivity index (χ0) is 22.1. The maximum Gasteiger partial charge on any atom is 0.349 e. The van der Waals surface area contributed by atoms with Crippen molar-refractivity contribution in [3.05, 3.63) is 95.6 Å². The van der Waals surface area contributed by atoms with E-state index in [0.29, 0.717) is 23.7 Å². The standard InChI is InChI=1S/C26H26O5/c1-19(2)21-11-13-23(14-12-21)30-18-25(27)31-24-10-6-9-22(17-24)26(28)29-16-15-20-7-4-3-5-8-20/h3-14,17,19H,15-16,18H2,1-2H3. The number of rotatable bonds is 9. The number of benzene rings is 3. The van der Waals surface area contributed by atoms with Gasteiger partial charge in [0.15, 0.2) is 6.61 Å². The number of esters is 2. The Morgan fingerprint density at radius 2 is 1.58 bits per heavy atom. The summed E-state index contributed by atoms with van der Waals surface area (Å²) in [5.41, 5.74) is 2.61. The van der Waals surface area contributed by atoms with E-state index in [4.69, 9.17) is 14.2 Å². The Labute approximate surface area is 182 Å². The van der Waals surface area contributed by atoms with Crippen LogP contribution in [0.3, 0.4) is 0 Å². The van der Waals surface area contributed by atoms with E-state index in [0.717, 1.165) is 5.56 Å². The average molecular weight is 418 g/mol. The first kappa shape index (κ1) is 22.1. The van der Waals surface area contributed by atoms with Gasteiger partial charge in [-0.3, -0.25) is 0 Å². The quantitative estimate of drug-likeness (QED) is 0.353. The zero-order valence-electron chi connectivity index (χ0n) is 17.7. The molecule has 31 heavy (non-hydrogen) atoms. The van der Waals surface area contributed by atoms with E-state index in [1.807, 2.05) is 54.6 Å². The van der Waals surface area contributed by atoms with Gasteiger partial charge in [0.1, 0.15) is 11.5 Å². The minimum atomic E-state index is -0.553. The Bertz CT molecular complexity index is 994. The van der Waals surface area contributed by atoms with Gasteiger partial charge in [0, 0.05) is 6.42 Å². The molecule has 0 unspecified atom stereocenters. The molecule has 0 radical (unpaired) electrons. The second-order valence-corrected chi connectivity index (χ2v) is 7.39. The lowest BCUT2D eigenvalue weighted by molar-refractivity contribution is -0.136. The first-order chi connectivity index (χ1) is 15.0. The van der Waals surface area contributed by atoms with Crippen molar-refractivity contribution < 1.29 is 23.8 Å². The number of hydrogen-bond acceptors (Lipinski definition) is 5. The van der Waals surface area contributed by atoms with Gasteiger partial charge < -0.3 is 14.2 Å². The van der Waals surface area contributed by atoms with Gasteiger partial charge in [-0.15, -0.1) is 0 Å². The third-order valence-electron chi connectivity index (χ3n) is 4.67. The summed E-state index contributed by atoms with van der Waals surface area (Å²) in [6, 6.07) is 23.7. The molecule has 0 aliphatic carbocycles. The molecule has 3 rings (SSSR count). The van der Waals surface area contributed by atoms with Crippen LogP contribution in [0.15, 0.2) is 78.9 Å². The largest absolute Gasteiger partial charge is 0.482 e. The van der Waals surface area contributed by atoms with Crippen LogP contribution in [0.2, 0.25) is 0 Å². The maximum atomic E-state index is 12.3. The molecule has 5 nitrogen and oxygen atoms in total. The van der Waals surface area contributed by atoms with E-state index in [9.17, 15) is 9.59 Å². The smallest absolute Gasteiger partial charge is 0.349 e. The molecule has 0 aliphatic heterocycles. The highest BCUT2D eigenvalue weighted by Gasteiger charge is 2.11. The predicted octanol–water partition coefficient (Wildman–Crippen LogP) is 5.19. The highest BCUT2D eigenvalue weighted by molar-refractivity contribution is 5.90. The number of carbonyl (C=O) groups is 2. The van der Waals surface area contributed by atoms with Crippen molar-refractivity contribution in [3.63, 3.8) is 0 Å². The van der Waals surface area contributed by atoms with E-state index in [1.165, 1.54) is 11.6 Å². The highest BCUT2D eigenvalue weighted by Crippen LogP contribution is 2.19. The van der Waals surface area contributed by atoms with Crippen LogP contribution in [0.25, 0.3) is 0 Å². The van der Waals surface area contributed by atoms with Crippen molar-refractivity contribution in [2.45, 2.75) is 26.2 Å². The Morgan fingerprint density at radius 3 is 2.29 bits per heavy atom. The molecule has 0 fully saturated rings. The molecule has 0 amide bonds. The molecule has 0 heterocycles. The van der Waals surface area contributed by atoms with Crippen LogP contribution in [0.4, 0.5) is 0 Å². The third-order valence-corrected chi connectivity index (χ3v) is 4.67. The van der Waals surface area contributed by atoms with Crippen molar-refractivity contribution in [2.24, 2.45) is 0 Å². The summed E-state index contributed by atoms with van der Waals surface area (Å²) in [6.07, 6.45) is 0.636. The van der Waals surface area contributed by atoms with Crippen molar-refractivity contribution in [3.8, 4) is 11.5 Å². The van der Waals surface area contributed by atoms with Crippen molar-refractivity contribution in [1.82, 2.24) is 0 Å². The predicted molar refractivity (Wildman–Crippen MR) is 119 cm³/mol. The van der Waals surface area contributed by atoms with E-state index in [-0.39, 0.29) is 19.0 Å². The number of hydrogen-bond donors (Lipinski definition) is 0. The van der Waals surface area contributed by atoms with Gasteiger partial charge in [0.05, 0.1) is 12.2 Å². The Hall–Kier alpha value is -3.60. The fourth-order valence-electron chi connectivity index (χ4n) is 2.93. The van der Waals surface area contributed by atoms with Crippen molar-refractivity contribution >= 4 is 11.9 Å². The summed E-state index contributed by atoms with van der Waals surface area (Å²) < 4.78 is 16.1. The molecule has 3 aromatic carbocycles. The number of carbonyl (C=O) groups excluding carboxylic acids is 2. The molecule has 0 spiro atoms. The van der Waals surface area contributed by atoms with Gasteiger partial charge in [-0.05, 0) is 47.4 Å². The molecule has 0 aromatic heterocycles. The highest BCUT2D eigenvalue weighted by atomic mass is 16.6. The van der Waals surface area contributed by atoms with E-state index < -0.39 is 11.9 Å². The summed E-state index contributed by atoms with van der Waals surface area (Å²) in [4.78, 5) is 24.4. The SMILES string of the molecule is CC(C)c1ccc(OCC(=O)Oc2cccc(C(=O)OCCc3ccccc3)c2)cc1. The average Bonchev–Trinajstić information content (AvgIpc) is 2.79. The monoisotopic (exact) mass is 418 g/mol. The molecule has 160 valence electrons. The number of ether oxygens (including phenoxy) is 3. The van der Waals surface area contributed by atoms with E-state index in [1.54, 1.807) is 18.2 Å². The van der Waals surface area contributed by atoms with Crippen molar-refractivity contribution in [2.75, 3.05) is 13.2 Å². The minimum absolute atomic E-state index is 0.229. The van der Waals surface area contributed by atoms with Gasteiger partial charge in [0.2, 0.25) is 0 Å². The van der Waals surface area contributed by atoms with Crippen molar-refractivity contribution in [1.29, 1.82) is 0 Å². The molecule has 0 aliphatic rings. The lowest BCUT2D eigenvalue weighted by Crippen LogP contribution is -2.18. The second kappa shape index (κ2) is 11.0. The molecule has 0 N–H and O–H groups in total. The summed E-state index contributed by atoms with van der Waals surface area (Å²) in [7, 11) is 0. The van der Waals surface area contributed by atoms with Gasteiger partial charge >= 0.3 is 11.9 Å². The van der Waals surface area contributed by atoms with Gasteiger partial charge in [-0.1, -0.05) is 62.4 Å². The molecule has 3 aromatic rings. The Kier molecular flexibility index (Phi) is 7.82. The lowest BCUT2D eigenvalue weighted by atomic mass is 10.0. The molecule has 5 heteroatoms. The summed E-state index contributed by atoms with van der Waals surface area (Å²) in [5, 5.41) is 0. The molecular formula is C26H26O5. The summed E-state index contributed by atoms with van der Waals surface area (Å²) in [5.74, 6) is 0.271. The molecular weight excluding hydrogens is 392 g/mol. The minimum Gasteiger partial charge on any atom is -0.482 e. The van der Waals surface area contributed by atoms with Crippen LogP contribution in [0.5, 0.6) is 11.5 Å². The fraction of sp³-hybridized carbons (Fsp3) is 0.231. The molecule has 0 saturated heterocycles. The van der Waals surface area contributed by atoms with E-state index in [2.05, 4.69) is 13.8 Å². The van der Waals surface area contributed by atoms with Gasteiger partial charge in [-0.25, -0.2) is 9.59 Å². The topological polar surface area (TPSA) is 61.8 Å². The normalized spacial score (nSPS) is 10.5. The summed E-state index contributed by atoms with van der Waals surface area (Å²) in [6.45, 7) is 4.27. The Balaban J connectivity index is 1.47. The molecule has 0 atom stereocenters. The first-order valence-electron chi connectivity index (χ1n) is 10.3. The van der Waals surface area contributed by atoms with Crippen LogP contribution < -0.4 is 9.47 Å². The second-order valence-electron chi connectivity index (χ2n) is 7.39. The lowest BCUT2D eigenvalue weighted by Gasteiger charge is -2.10. The molecule has 0 bridgehead atoms. The van der Waals surface area contributed by atoms with Crippen LogP contribution >= 0.6 is 0 Å². The van der Waals surface area contributed by atoms with Crippen LogP contribution in [0, 0.1) is 0 Å². The first-order valence-corrected chi connectivity index (χ1v) is 10.3. The van der Waals surface area contributed by atoms with Gasteiger partial charge in [-0.2, -0.15) is 0 Å². The third kappa shape index (κ3) is 7.00. The fourth-order valence-corrected chi connectivity index (χ4v) is 2.93. The zero-order valence-corrected chi connectivity index (χ0v) is 17.7.